The number of hydrogen-bond donors (Lipinski definition) is 0. The predicted molar refractivity (Wildman–Crippen MR) is 154 cm³/mol. The summed E-state index contributed by atoms with van der Waals surface area (Å²) in [6, 6.07) is 11.5. The Balaban J connectivity index is 0.000000486. The molecule has 4 aliphatic rings. The van der Waals surface area contributed by atoms with Gasteiger partial charge in [-0.1, -0.05) is 136 Å². The topological polar surface area (TPSA) is 0 Å². The van der Waals surface area contributed by atoms with E-state index in [1.54, 1.807) is 31.2 Å². The van der Waals surface area contributed by atoms with Crippen molar-refractivity contribution in [3.63, 3.8) is 0 Å². The predicted octanol–water partition coefficient (Wildman–Crippen LogP) is 10.9. The first kappa shape index (κ1) is 26.7. The molecule has 1 heteroatoms. The van der Waals surface area contributed by atoms with Gasteiger partial charge in [0.1, 0.15) is 0 Å². The molecule has 34 heavy (non-hydrogen) atoms. The average Bonchev–Trinajstić information content (AvgIpc) is 3.62. The smallest absolute Gasteiger partial charge is 0.00725 e. The van der Waals surface area contributed by atoms with Crippen LogP contribution in [-0.2, 0) is 5.41 Å². The van der Waals surface area contributed by atoms with Crippen LogP contribution in [0, 0.1) is 11.8 Å². The van der Waals surface area contributed by atoms with Crippen LogP contribution in [0.3, 0.4) is 0 Å². The summed E-state index contributed by atoms with van der Waals surface area (Å²) in [5.74, 6) is 1.83. The van der Waals surface area contributed by atoms with Gasteiger partial charge in [-0.25, -0.2) is 0 Å². The lowest BCUT2D eigenvalue weighted by Crippen LogP contribution is -2.37. The highest BCUT2D eigenvalue weighted by Crippen LogP contribution is 2.63. The lowest BCUT2D eigenvalue weighted by molar-refractivity contribution is 0.243. The summed E-state index contributed by atoms with van der Waals surface area (Å²) < 4.78 is 0. The zero-order valence-electron chi connectivity index (χ0n) is 22.9. The van der Waals surface area contributed by atoms with E-state index in [-0.39, 0.29) is 7.92 Å². The van der Waals surface area contributed by atoms with Crippen molar-refractivity contribution in [2.75, 3.05) is 0 Å². The summed E-state index contributed by atoms with van der Waals surface area (Å²) in [5.41, 5.74) is 5.06. The highest BCUT2D eigenvalue weighted by molar-refractivity contribution is 7.59. The fourth-order valence-corrected chi connectivity index (χ4v) is 13.0. The van der Waals surface area contributed by atoms with Gasteiger partial charge in [-0.15, -0.1) is 0 Å². The number of rotatable bonds is 6. The minimum atomic E-state index is 0.188. The first-order chi connectivity index (χ1) is 16.6. The summed E-state index contributed by atoms with van der Waals surface area (Å²) >= 11 is 0. The maximum absolute atomic E-state index is 2.74. The van der Waals surface area contributed by atoms with Gasteiger partial charge in [-0.05, 0) is 78.3 Å². The van der Waals surface area contributed by atoms with Crippen molar-refractivity contribution in [2.24, 2.45) is 11.8 Å². The van der Waals surface area contributed by atoms with Gasteiger partial charge in [-0.3, -0.25) is 0 Å². The van der Waals surface area contributed by atoms with Crippen LogP contribution in [0.1, 0.15) is 142 Å². The van der Waals surface area contributed by atoms with E-state index in [1.165, 1.54) is 89.9 Å². The molecule has 0 bridgehead atoms. The molecule has 0 nitrogen and oxygen atoms in total. The molecule has 4 fully saturated rings. The zero-order valence-corrected chi connectivity index (χ0v) is 23.8. The highest BCUT2D eigenvalue weighted by atomic mass is 31.1. The van der Waals surface area contributed by atoms with Gasteiger partial charge in [0.25, 0.3) is 0 Å². The van der Waals surface area contributed by atoms with E-state index < -0.39 is 0 Å². The number of hydrogen-bond acceptors (Lipinski definition) is 0. The largest absolute Gasteiger partial charge is 0.0971 e. The van der Waals surface area contributed by atoms with Crippen LogP contribution in [0.5, 0.6) is 0 Å². The average molecular weight is 483 g/mol. The van der Waals surface area contributed by atoms with Crippen molar-refractivity contribution in [3.05, 3.63) is 35.9 Å². The summed E-state index contributed by atoms with van der Waals surface area (Å²) in [4.78, 5) is 0. The Morgan fingerprint density at radius 3 is 1.59 bits per heavy atom. The molecule has 0 radical (unpaired) electrons. The van der Waals surface area contributed by atoms with Gasteiger partial charge in [0, 0.05) is 0 Å². The van der Waals surface area contributed by atoms with Crippen LogP contribution in [0.25, 0.3) is 0 Å². The lowest BCUT2D eigenvalue weighted by atomic mass is 9.68. The second-order valence-corrected chi connectivity index (χ2v) is 16.0. The molecule has 4 saturated carbocycles. The third kappa shape index (κ3) is 6.69. The Kier molecular flexibility index (Phi) is 10.4. The Bertz CT molecular complexity index is 652. The first-order valence-electron chi connectivity index (χ1n) is 15.4. The molecule has 0 heterocycles. The Morgan fingerprint density at radius 1 is 0.618 bits per heavy atom. The van der Waals surface area contributed by atoms with E-state index in [2.05, 4.69) is 51.1 Å². The van der Waals surface area contributed by atoms with E-state index in [0.29, 0.717) is 5.41 Å². The highest BCUT2D eigenvalue weighted by Gasteiger charge is 2.46. The maximum Gasteiger partial charge on any atom is -0.00725 e. The fourth-order valence-electron chi connectivity index (χ4n) is 8.37. The van der Waals surface area contributed by atoms with Crippen molar-refractivity contribution in [1.29, 1.82) is 0 Å². The van der Waals surface area contributed by atoms with Crippen LogP contribution in [0.4, 0.5) is 0 Å². The lowest BCUT2D eigenvalue weighted by Gasteiger charge is -2.47. The summed E-state index contributed by atoms with van der Waals surface area (Å²) in [6.07, 6.45) is 27.3. The molecular weight excluding hydrogens is 427 g/mol. The standard InChI is InChI=1S/C28H45P.C5H10/c1-22(29(24-16-9-5-10-17-24)25-18-11-6-12-19-25)26-20-13-21-27(26)28(2,3)23-14-7-4-8-15-23;1-2-4-5-3-1/h4,7-8,14-15,22,24-27H,5-6,9-13,16-21H2,1-3H3;1-5H2/t22-,26?,27?;/m1./s1. The van der Waals surface area contributed by atoms with Crippen LogP contribution < -0.4 is 0 Å². The van der Waals surface area contributed by atoms with Gasteiger partial charge in [0.05, 0.1) is 0 Å². The van der Waals surface area contributed by atoms with E-state index in [0.717, 1.165) is 28.8 Å². The van der Waals surface area contributed by atoms with Gasteiger partial charge in [-0.2, -0.15) is 0 Å². The van der Waals surface area contributed by atoms with E-state index in [4.69, 9.17) is 0 Å². The second-order valence-electron chi connectivity index (χ2n) is 12.8. The van der Waals surface area contributed by atoms with Crippen LogP contribution in [-0.4, -0.2) is 17.0 Å². The van der Waals surface area contributed by atoms with Crippen molar-refractivity contribution >= 4 is 7.92 Å². The van der Waals surface area contributed by atoms with Gasteiger partial charge in [0.15, 0.2) is 0 Å². The summed E-state index contributed by atoms with van der Waals surface area (Å²) in [5, 5.41) is 0. The molecular formula is C33H55P. The third-order valence-electron chi connectivity index (χ3n) is 10.3. The Hall–Kier alpha value is -0.350. The minimum absolute atomic E-state index is 0.188. The first-order valence-corrected chi connectivity index (χ1v) is 17.0. The van der Waals surface area contributed by atoms with Crippen molar-refractivity contribution in [1.82, 2.24) is 0 Å². The molecule has 0 spiro atoms. The van der Waals surface area contributed by atoms with Crippen LogP contribution in [0.15, 0.2) is 30.3 Å². The molecule has 0 amide bonds. The van der Waals surface area contributed by atoms with Crippen molar-refractivity contribution in [2.45, 2.75) is 159 Å². The number of benzene rings is 1. The fraction of sp³-hybridized carbons (Fsp3) is 0.818. The minimum Gasteiger partial charge on any atom is -0.0971 e. The van der Waals surface area contributed by atoms with Gasteiger partial charge in [0.2, 0.25) is 0 Å². The van der Waals surface area contributed by atoms with Crippen LogP contribution >= 0.6 is 7.92 Å². The molecule has 1 aromatic rings. The van der Waals surface area contributed by atoms with Gasteiger partial charge >= 0.3 is 0 Å². The van der Waals surface area contributed by atoms with E-state index in [9.17, 15) is 0 Å². The molecule has 0 saturated heterocycles. The zero-order chi connectivity index (χ0) is 23.8. The summed E-state index contributed by atoms with van der Waals surface area (Å²) in [6.45, 7) is 7.85. The SMILES string of the molecule is C1CCCC1.C[C@H](C1CCCC1C(C)(C)c1ccccc1)P(C1CCCCC1)C1CCCCC1. The molecule has 0 aliphatic heterocycles. The van der Waals surface area contributed by atoms with Gasteiger partial charge < -0.3 is 0 Å². The Labute approximate surface area is 214 Å². The quantitative estimate of drug-likeness (QED) is 0.354. The normalized spacial score (nSPS) is 28.0. The van der Waals surface area contributed by atoms with E-state index >= 15 is 0 Å². The van der Waals surface area contributed by atoms with E-state index in [1.807, 2.05) is 0 Å². The molecule has 4 aliphatic carbocycles. The molecule has 2 unspecified atom stereocenters. The van der Waals surface area contributed by atoms with Crippen molar-refractivity contribution < 1.29 is 0 Å². The third-order valence-corrected chi connectivity index (χ3v) is 14.4. The Morgan fingerprint density at radius 2 is 1.09 bits per heavy atom. The molecule has 0 N–H and O–H groups in total. The molecule has 192 valence electrons. The molecule has 3 atom stereocenters. The molecule has 1 aromatic carbocycles. The maximum atomic E-state index is 2.74. The molecule has 5 rings (SSSR count). The monoisotopic (exact) mass is 482 g/mol. The van der Waals surface area contributed by atoms with Crippen molar-refractivity contribution in [3.8, 4) is 0 Å². The van der Waals surface area contributed by atoms with Crippen LogP contribution in [0.2, 0.25) is 0 Å². The molecule has 0 aromatic heterocycles. The summed E-state index contributed by atoms with van der Waals surface area (Å²) in [7, 11) is 0.188. The second kappa shape index (κ2) is 13.3.